The van der Waals surface area contributed by atoms with Gasteiger partial charge in [-0.2, -0.15) is 0 Å². The second kappa shape index (κ2) is 5.06. The summed E-state index contributed by atoms with van der Waals surface area (Å²) in [4.78, 5) is 12.2. The minimum Gasteiger partial charge on any atom is -0.506 e. The third kappa shape index (κ3) is 2.53. The summed E-state index contributed by atoms with van der Waals surface area (Å²) in [5.74, 6) is 0.569. The molecule has 0 radical (unpaired) electrons. The lowest BCUT2D eigenvalue weighted by atomic mass is 10.2. The second-order valence-electron chi connectivity index (χ2n) is 4.41. The Morgan fingerprint density at radius 2 is 1.95 bits per heavy atom. The van der Waals surface area contributed by atoms with Crippen LogP contribution in [0.2, 0.25) is 5.02 Å². The van der Waals surface area contributed by atoms with Crippen LogP contribution in [0, 0.1) is 0 Å². The summed E-state index contributed by atoms with van der Waals surface area (Å²) in [6.07, 6.45) is 0. The first-order valence-corrected chi connectivity index (χ1v) is 6.41. The Balaban J connectivity index is 1.86. The molecule has 0 bridgehead atoms. The quantitative estimate of drug-likeness (QED) is 0.741. The minimum absolute atomic E-state index is 0.0872. The molecular formula is C14H11ClN2O4. The van der Waals surface area contributed by atoms with Gasteiger partial charge in [0.15, 0.2) is 11.5 Å². The van der Waals surface area contributed by atoms with Gasteiger partial charge in [0.2, 0.25) is 6.79 Å². The van der Waals surface area contributed by atoms with E-state index < -0.39 is 5.91 Å². The van der Waals surface area contributed by atoms with Gasteiger partial charge in [0, 0.05) is 17.7 Å². The fourth-order valence-electron chi connectivity index (χ4n) is 1.91. The van der Waals surface area contributed by atoms with Crippen LogP contribution in [-0.2, 0) is 0 Å². The molecule has 0 aliphatic carbocycles. The van der Waals surface area contributed by atoms with Crippen molar-refractivity contribution in [3.8, 4) is 17.2 Å². The Bertz CT molecular complexity index is 733. The van der Waals surface area contributed by atoms with Gasteiger partial charge in [0.25, 0.3) is 5.91 Å². The predicted molar refractivity (Wildman–Crippen MR) is 78.0 cm³/mol. The summed E-state index contributed by atoms with van der Waals surface area (Å²) in [7, 11) is 0. The van der Waals surface area contributed by atoms with E-state index in [9.17, 15) is 9.90 Å². The molecule has 21 heavy (non-hydrogen) atoms. The molecule has 7 heteroatoms. The number of hydrogen-bond acceptors (Lipinski definition) is 5. The van der Waals surface area contributed by atoms with Crippen LogP contribution in [-0.4, -0.2) is 17.8 Å². The smallest absolute Gasteiger partial charge is 0.255 e. The van der Waals surface area contributed by atoms with Crippen LogP contribution in [0.5, 0.6) is 17.2 Å². The number of hydrogen-bond donors (Lipinski definition) is 3. The number of benzene rings is 2. The second-order valence-corrected chi connectivity index (χ2v) is 4.82. The standard InChI is InChI=1S/C14H11ClN2O4/c15-8-3-7(1-2-11(8)18)14(19)17-10-5-13-12(4-9(10)16)20-6-21-13/h1-5,18H,6,16H2,(H,17,19). The molecule has 1 heterocycles. The highest BCUT2D eigenvalue weighted by molar-refractivity contribution is 6.32. The number of nitrogens with one attached hydrogen (secondary N) is 1. The Morgan fingerprint density at radius 3 is 2.67 bits per heavy atom. The van der Waals surface area contributed by atoms with Gasteiger partial charge in [0.1, 0.15) is 5.75 Å². The first kappa shape index (κ1) is 13.4. The van der Waals surface area contributed by atoms with Gasteiger partial charge in [-0.1, -0.05) is 11.6 Å². The zero-order valence-electron chi connectivity index (χ0n) is 10.7. The number of nitrogen functional groups attached to an aromatic ring is 1. The molecule has 4 N–H and O–H groups in total. The van der Waals surface area contributed by atoms with E-state index in [2.05, 4.69) is 5.32 Å². The van der Waals surface area contributed by atoms with E-state index in [0.717, 1.165) is 0 Å². The first-order chi connectivity index (χ1) is 10.0. The minimum atomic E-state index is -0.400. The molecule has 1 amide bonds. The number of amides is 1. The summed E-state index contributed by atoms with van der Waals surface area (Å²) < 4.78 is 10.4. The van der Waals surface area contributed by atoms with Crippen molar-refractivity contribution in [1.29, 1.82) is 0 Å². The Hall–Kier alpha value is -2.60. The molecule has 0 spiro atoms. The van der Waals surface area contributed by atoms with E-state index in [1.54, 1.807) is 12.1 Å². The molecule has 0 unspecified atom stereocenters. The van der Waals surface area contributed by atoms with E-state index in [-0.39, 0.29) is 17.6 Å². The van der Waals surface area contributed by atoms with Gasteiger partial charge < -0.3 is 25.6 Å². The van der Waals surface area contributed by atoms with Gasteiger partial charge in [-0.25, -0.2) is 0 Å². The van der Waals surface area contributed by atoms with Crippen molar-refractivity contribution in [3.63, 3.8) is 0 Å². The number of anilines is 2. The van der Waals surface area contributed by atoms with Crippen molar-refractivity contribution in [2.75, 3.05) is 17.8 Å². The molecular weight excluding hydrogens is 296 g/mol. The lowest BCUT2D eigenvalue weighted by Gasteiger charge is -2.10. The number of phenolic OH excluding ortho intramolecular Hbond substituents is 1. The number of fused-ring (bicyclic) bond motifs is 1. The lowest BCUT2D eigenvalue weighted by molar-refractivity contribution is 0.102. The third-order valence-corrected chi connectivity index (χ3v) is 3.31. The zero-order chi connectivity index (χ0) is 15.0. The van der Waals surface area contributed by atoms with E-state index >= 15 is 0 Å². The molecule has 0 aromatic heterocycles. The van der Waals surface area contributed by atoms with Crippen LogP contribution < -0.4 is 20.5 Å². The lowest BCUT2D eigenvalue weighted by Crippen LogP contribution is -2.13. The predicted octanol–water partition coefficient (Wildman–Crippen LogP) is 2.61. The number of phenols is 1. The van der Waals surface area contributed by atoms with Crippen LogP contribution in [0.25, 0.3) is 0 Å². The summed E-state index contributed by atoms with van der Waals surface area (Å²) in [6.45, 7) is 0.125. The first-order valence-electron chi connectivity index (χ1n) is 6.03. The Labute approximate surface area is 125 Å². The van der Waals surface area contributed by atoms with E-state index in [1.807, 2.05) is 0 Å². The van der Waals surface area contributed by atoms with Crippen molar-refractivity contribution in [3.05, 3.63) is 40.9 Å². The number of aromatic hydroxyl groups is 1. The van der Waals surface area contributed by atoms with Crippen LogP contribution in [0.1, 0.15) is 10.4 Å². The average Bonchev–Trinajstić information content (AvgIpc) is 2.89. The summed E-state index contributed by atoms with van der Waals surface area (Å²) in [6, 6.07) is 7.36. The Kier molecular flexibility index (Phi) is 3.23. The van der Waals surface area contributed by atoms with Crippen molar-refractivity contribution in [1.82, 2.24) is 0 Å². The van der Waals surface area contributed by atoms with Crippen molar-refractivity contribution < 1.29 is 19.4 Å². The van der Waals surface area contributed by atoms with Gasteiger partial charge in [-0.3, -0.25) is 4.79 Å². The highest BCUT2D eigenvalue weighted by Gasteiger charge is 2.18. The van der Waals surface area contributed by atoms with Crippen LogP contribution in [0.4, 0.5) is 11.4 Å². The number of carbonyl (C=O) groups is 1. The maximum absolute atomic E-state index is 12.2. The molecule has 0 fully saturated rings. The maximum atomic E-state index is 12.2. The normalized spacial score (nSPS) is 12.2. The largest absolute Gasteiger partial charge is 0.506 e. The molecule has 2 aromatic carbocycles. The Morgan fingerprint density at radius 1 is 1.24 bits per heavy atom. The highest BCUT2D eigenvalue weighted by atomic mass is 35.5. The molecule has 2 aromatic rings. The number of halogens is 1. The number of rotatable bonds is 2. The van der Waals surface area contributed by atoms with Crippen molar-refractivity contribution >= 4 is 28.9 Å². The molecule has 3 rings (SSSR count). The van der Waals surface area contributed by atoms with Gasteiger partial charge in [0.05, 0.1) is 16.4 Å². The fourth-order valence-corrected chi connectivity index (χ4v) is 2.09. The van der Waals surface area contributed by atoms with E-state index in [0.29, 0.717) is 28.4 Å². The number of carbonyl (C=O) groups excluding carboxylic acids is 1. The highest BCUT2D eigenvalue weighted by Crippen LogP contribution is 2.38. The van der Waals surface area contributed by atoms with Gasteiger partial charge in [-0.05, 0) is 18.2 Å². The number of nitrogens with two attached hydrogens (primary N) is 1. The fraction of sp³-hybridized carbons (Fsp3) is 0.0714. The summed E-state index contributed by atoms with van der Waals surface area (Å²) >= 11 is 5.78. The summed E-state index contributed by atoms with van der Waals surface area (Å²) in [5, 5.41) is 12.1. The van der Waals surface area contributed by atoms with Crippen LogP contribution in [0.3, 0.4) is 0 Å². The van der Waals surface area contributed by atoms with Crippen LogP contribution in [0.15, 0.2) is 30.3 Å². The van der Waals surface area contributed by atoms with Crippen molar-refractivity contribution in [2.24, 2.45) is 0 Å². The average molecular weight is 307 g/mol. The van der Waals surface area contributed by atoms with E-state index in [1.165, 1.54) is 18.2 Å². The van der Waals surface area contributed by atoms with Gasteiger partial charge >= 0.3 is 0 Å². The van der Waals surface area contributed by atoms with E-state index in [4.69, 9.17) is 26.8 Å². The molecule has 1 aliphatic rings. The SMILES string of the molecule is Nc1cc2c(cc1NC(=O)c1ccc(O)c(Cl)c1)OCO2. The van der Waals surface area contributed by atoms with Crippen molar-refractivity contribution in [2.45, 2.75) is 0 Å². The molecule has 108 valence electrons. The number of ether oxygens (including phenoxy) is 2. The topological polar surface area (TPSA) is 93.8 Å². The van der Waals surface area contributed by atoms with Crippen LogP contribution >= 0.6 is 11.6 Å². The monoisotopic (exact) mass is 306 g/mol. The zero-order valence-corrected chi connectivity index (χ0v) is 11.5. The molecule has 0 saturated carbocycles. The molecule has 0 atom stereocenters. The third-order valence-electron chi connectivity index (χ3n) is 3.00. The molecule has 1 aliphatic heterocycles. The molecule has 6 nitrogen and oxygen atoms in total. The maximum Gasteiger partial charge on any atom is 0.255 e. The summed E-state index contributed by atoms with van der Waals surface area (Å²) in [5.41, 5.74) is 6.93. The van der Waals surface area contributed by atoms with Gasteiger partial charge in [-0.15, -0.1) is 0 Å². The molecule has 0 saturated heterocycles.